The molecular formula is C14H19NO3. The summed E-state index contributed by atoms with van der Waals surface area (Å²) in [6.07, 6.45) is 0. The number of nitrogens with zero attached hydrogens (tertiary/aromatic N) is 1. The summed E-state index contributed by atoms with van der Waals surface area (Å²) in [5.74, 6) is -0.187. The van der Waals surface area contributed by atoms with E-state index in [1.807, 2.05) is 25.1 Å². The van der Waals surface area contributed by atoms with Crippen molar-refractivity contribution in [3.63, 3.8) is 0 Å². The van der Waals surface area contributed by atoms with E-state index >= 15 is 0 Å². The zero-order valence-corrected chi connectivity index (χ0v) is 10.7. The van der Waals surface area contributed by atoms with Crippen LogP contribution in [0.2, 0.25) is 0 Å². The van der Waals surface area contributed by atoms with Gasteiger partial charge in [-0.25, -0.2) is 0 Å². The van der Waals surface area contributed by atoms with Crippen LogP contribution < -0.4 is 0 Å². The molecule has 1 aliphatic rings. The lowest BCUT2D eigenvalue weighted by molar-refractivity contribution is -0.156. The van der Waals surface area contributed by atoms with Gasteiger partial charge in [0.25, 0.3) is 0 Å². The van der Waals surface area contributed by atoms with Crippen LogP contribution >= 0.6 is 0 Å². The Labute approximate surface area is 107 Å². The Hall–Kier alpha value is -1.39. The monoisotopic (exact) mass is 249 g/mol. The van der Waals surface area contributed by atoms with Crippen molar-refractivity contribution in [2.24, 2.45) is 0 Å². The molecule has 1 aliphatic heterocycles. The van der Waals surface area contributed by atoms with E-state index < -0.39 is 0 Å². The Morgan fingerprint density at radius 1 is 1.44 bits per heavy atom. The molecule has 1 fully saturated rings. The molecule has 1 aromatic rings. The van der Waals surface area contributed by atoms with Gasteiger partial charge in [-0.1, -0.05) is 30.3 Å². The van der Waals surface area contributed by atoms with Crippen LogP contribution in [0, 0.1) is 0 Å². The summed E-state index contributed by atoms with van der Waals surface area (Å²) < 4.78 is 10.5. The van der Waals surface area contributed by atoms with E-state index in [0.717, 1.165) is 13.1 Å². The highest BCUT2D eigenvalue weighted by Crippen LogP contribution is 2.13. The van der Waals surface area contributed by atoms with Crippen LogP contribution in [0.4, 0.5) is 0 Å². The number of esters is 1. The fraction of sp³-hybridized carbons (Fsp3) is 0.500. The topological polar surface area (TPSA) is 38.8 Å². The Balaban J connectivity index is 2.01. The van der Waals surface area contributed by atoms with E-state index in [1.54, 1.807) is 0 Å². The standard InChI is InChI=1S/C14H19NO3/c1-2-18-14(16)13-11-17-9-8-15(13)10-12-6-4-3-5-7-12/h3-7,13H,2,8-11H2,1H3/t13-/m0/s1. The Morgan fingerprint density at radius 3 is 2.94 bits per heavy atom. The first-order valence-electron chi connectivity index (χ1n) is 6.33. The lowest BCUT2D eigenvalue weighted by Gasteiger charge is -2.33. The molecule has 0 spiro atoms. The molecule has 0 N–H and O–H groups in total. The first-order chi connectivity index (χ1) is 8.81. The summed E-state index contributed by atoms with van der Waals surface area (Å²) >= 11 is 0. The average Bonchev–Trinajstić information content (AvgIpc) is 2.41. The molecule has 1 aromatic carbocycles. The molecule has 1 atom stereocenters. The smallest absolute Gasteiger partial charge is 0.325 e. The number of benzene rings is 1. The van der Waals surface area contributed by atoms with Gasteiger partial charge < -0.3 is 9.47 Å². The molecular weight excluding hydrogens is 230 g/mol. The number of carbonyl (C=O) groups excluding carboxylic acids is 1. The molecule has 0 radical (unpaired) electrons. The van der Waals surface area contributed by atoms with Crippen LogP contribution in [0.1, 0.15) is 12.5 Å². The van der Waals surface area contributed by atoms with E-state index in [2.05, 4.69) is 17.0 Å². The van der Waals surface area contributed by atoms with Crippen molar-refractivity contribution in [1.82, 2.24) is 4.90 Å². The second-order valence-electron chi connectivity index (χ2n) is 4.30. The molecule has 0 aromatic heterocycles. The summed E-state index contributed by atoms with van der Waals surface area (Å²) in [7, 11) is 0. The summed E-state index contributed by atoms with van der Waals surface area (Å²) in [5.41, 5.74) is 1.20. The van der Waals surface area contributed by atoms with Crippen LogP contribution in [0.5, 0.6) is 0 Å². The first kappa shape index (κ1) is 13.1. The van der Waals surface area contributed by atoms with E-state index in [-0.39, 0.29) is 12.0 Å². The number of ether oxygens (including phenoxy) is 2. The second kappa shape index (κ2) is 6.52. The van der Waals surface area contributed by atoms with E-state index in [9.17, 15) is 4.79 Å². The van der Waals surface area contributed by atoms with Crippen LogP contribution in [-0.2, 0) is 20.8 Å². The van der Waals surface area contributed by atoms with Crippen LogP contribution in [0.25, 0.3) is 0 Å². The molecule has 0 unspecified atom stereocenters. The Morgan fingerprint density at radius 2 is 2.22 bits per heavy atom. The molecule has 1 saturated heterocycles. The SMILES string of the molecule is CCOC(=O)[C@@H]1COCCN1Cc1ccccc1. The highest BCUT2D eigenvalue weighted by molar-refractivity contribution is 5.76. The summed E-state index contributed by atoms with van der Waals surface area (Å²) in [6, 6.07) is 9.87. The second-order valence-corrected chi connectivity index (χ2v) is 4.30. The zero-order valence-electron chi connectivity index (χ0n) is 10.7. The largest absolute Gasteiger partial charge is 0.465 e. The molecule has 4 nitrogen and oxygen atoms in total. The van der Waals surface area contributed by atoms with Gasteiger partial charge in [0.15, 0.2) is 0 Å². The lowest BCUT2D eigenvalue weighted by Crippen LogP contribution is -2.50. The fourth-order valence-corrected chi connectivity index (χ4v) is 2.10. The number of carbonyl (C=O) groups is 1. The average molecular weight is 249 g/mol. The van der Waals surface area contributed by atoms with Gasteiger partial charge in [-0.3, -0.25) is 9.69 Å². The third kappa shape index (κ3) is 3.31. The highest BCUT2D eigenvalue weighted by atomic mass is 16.5. The Kier molecular flexibility index (Phi) is 4.73. The zero-order chi connectivity index (χ0) is 12.8. The minimum atomic E-state index is -0.279. The Bertz CT molecular complexity index is 380. The maximum Gasteiger partial charge on any atom is 0.325 e. The van der Waals surface area contributed by atoms with Crippen molar-refractivity contribution in [2.75, 3.05) is 26.4 Å². The maximum absolute atomic E-state index is 11.9. The molecule has 0 amide bonds. The number of rotatable bonds is 4. The molecule has 1 heterocycles. The molecule has 18 heavy (non-hydrogen) atoms. The fourth-order valence-electron chi connectivity index (χ4n) is 2.10. The number of morpholine rings is 1. The van der Waals surface area contributed by atoms with E-state index in [4.69, 9.17) is 9.47 Å². The molecule has 0 saturated carbocycles. The van der Waals surface area contributed by atoms with Gasteiger partial charge in [0.1, 0.15) is 6.04 Å². The number of hydrogen-bond acceptors (Lipinski definition) is 4. The third-order valence-corrected chi connectivity index (χ3v) is 3.03. The predicted octanol–water partition coefficient (Wildman–Crippen LogP) is 1.45. The quantitative estimate of drug-likeness (QED) is 0.757. The molecule has 0 bridgehead atoms. The van der Waals surface area contributed by atoms with Crippen molar-refractivity contribution in [3.05, 3.63) is 35.9 Å². The van der Waals surface area contributed by atoms with E-state index in [1.165, 1.54) is 5.56 Å². The van der Waals surface area contributed by atoms with Gasteiger partial charge in [-0.2, -0.15) is 0 Å². The summed E-state index contributed by atoms with van der Waals surface area (Å²) in [5, 5.41) is 0. The number of hydrogen-bond donors (Lipinski definition) is 0. The minimum absolute atomic E-state index is 0.187. The summed E-state index contributed by atoms with van der Waals surface area (Å²) in [6.45, 7) is 4.85. The van der Waals surface area contributed by atoms with Crippen molar-refractivity contribution < 1.29 is 14.3 Å². The molecule has 4 heteroatoms. The van der Waals surface area contributed by atoms with Gasteiger partial charge in [0.05, 0.1) is 19.8 Å². The van der Waals surface area contributed by atoms with Gasteiger partial charge in [-0.15, -0.1) is 0 Å². The van der Waals surface area contributed by atoms with Crippen molar-refractivity contribution in [3.8, 4) is 0 Å². The third-order valence-electron chi connectivity index (χ3n) is 3.03. The van der Waals surface area contributed by atoms with Crippen LogP contribution in [-0.4, -0.2) is 43.3 Å². The first-order valence-corrected chi connectivity index (χ1v) is 6.33. The van der Waals surface area contributed by atoms with Gasteiger partial charge in [-0.05, 0) is 12.5 Å². The van der Waals surface area contributed by atoms with Gasteiger partial charge >= 0.3 is 5.97 Å². The van der Waals surface area contributed by atoms with Crippen molar-refractivity contribution in [1.29, 1.82) is 0 Å². The molecule has 98 valence electrons. The molecule has 0 aliphatic carbocycles. The van der Waals surface area contributed by atoms with Gasteiger partial charge in [0, 0.05) is 13.1 Å². The molecule has 2 rings (SSSR count). The normalized spacial score (nSPS) is 20.6. The predicted molar refractivity (Wildman–Crippen MR) is 68.1 cm³/mol. The summed E-state index contributed by atoms with van der Waals surface area (Å²) in [4.78, 5) is 14.0. The lowest BCUT2D eigenvalue weighted by atomic mass is 10.1. The van der Waals surface area contributed by atoms with E-state index in [0.29, 0.717) is 19.8 Å². The minimum Gasteiger partial charge on any atom is -0.465 e. The van der Waals surface area contributed by atoms with Crippen molar-refractivity contribution in [2.45, 2.75) is 19.5 Å². The van der Waals surface area contributed by atoms with Gasteiger partial charge in [0.2, 0.25) is 0 Å². The van der Waals surface area contributed by atoms with Crippen LogP contribution in [0.15, 0.2) is 30.3 Å². The van der Waals surface area contributed by atoms with Crippen LogP contribution in [0.3, 0.4) is 0 Å². The maximum atomic E-state index is 11.9. The van der Waals surface area contributed by atoms with Crippen molar-refractivity contribution >= 4 is 5.97 Å². The highest BCUT2D eigenvalue weighted by Gasteiger charge is 2.30.